The quantitative estimate of drug-likeness (QED) is 0.879. The highest BCUT2D eigenvalue weighted by molar-refractivity contribution is 5.97. The molecule has 1 amide bonds. The Morgan fingerprint density at radius 3 is 2.65 bits per heavy atom. The summed E-state index contributed by atoms with van der Waals surface area (Å²) in [6.45, 7) is 1.40. The maximum atomic E-state index is 12.9. The highest BCUT2D eigenvalue weighted by Gasteiger charge is 2.33. The molecule has 2 rings (SSSR count). The molecular formula is C17H26N2O4. The van der Waals surface area contributed by atoms with Crippen LogP contribution in [0.5, 0.6) is 11.5 Å². The molecule has 1 N–H and O–H groups in total. The molecule has 0 bridgehead atoms. The van der Waals surface area contributed by atoms with Crippen molar-refractivity contribution in [1.29, 1.82) is 0 Å². The van der Waals surface area contributed by atoms with Gasteiger partial charge >= 0.3 is 0 Å². The standard InChI is InChI=1S/C17H26N2O4/c1-18(2)15-10-19(8-7-12(15)11-20)17(21)14-6-5-13(22-3)9-16(14)23-4/h5-6,9,12,15,20H,7-8,10-11H2,1-4H3. The zero-order valence-electron chi connectivity index (χ0n) is 14.3. The van der Waals surface area contributed by atoms with Gasteiger partial charge < -0.3 is 24.4 Å². The van der Waals surface area contributed by atoms with Gasteiger partial charge in [-0.25, -0.2) is 0 Å². The van der Waals surface area contributed by atoms with Crippen LogP contribution in [0.15, 0.2) is 18.2 Å². The lowest BCUT2D eigenvalue weighted by Gasteiger charge is -2.41. The molecule has 2 atom stereocenters. The van der Waals surface area contributed by atoms with Crippen molar-refractivity contribution in [3.05, 3.63) is 23.8 Å². The second-order valence-corrected chi connectivity index (χ2v) is 6.08. The highest BCUT2D eigenvalue weighted by Crippen LogP contribution is 2.28. The molecule has 6 heteroatoms. The number of nitrogens with zero attached hydrogens (tertiary/aromatic N) is 2. The van der Waals surface area contributed by atoms with Gasteiger partial charge in [0.2, 0.25) is 0 Å². The van der Waals surface area contributed by atoms with Crippen LogP contribution < -0.4 is 9.47 Å². The van der Waals surface area contributed by atoms with Gasteiger partial charge in [0.1, 0.15) is 11.5 Å². The number of hydrogen-bond acceptors (Lipinski definition) is 5. The molecular weight excluding hydrogens is 296 g/mol. The number of likely N-dealkylation sites (tertiary alicyclic amines) is 1. The van der Waals surface area contributed by atoms with Crippen molar-refractivity contribution in [3.8, 4) is 11.5 Å². The van der Waals surface area contributed by atoms with E-state index in [1.54, 1.807) is 32.4 Å². The molecule has 0 radical (unpaired) electrons. The van der Waals surface area contributed by atoms with E-state index in [4.69, 9.17) is 9.47 Å². The van der Waals surface area contributed by atoms with Gasteiger partial charge in [0.25, 0.3) is 5.91 Å². The number of methoxy groups -OCH3 is 2. The van der Waals surface area contributed by atoms with Crippen molar-refractivity contribution in [2.45, 2.75) is 12.5 Å². The van der Waals surface area contributed by atoms with Crippen molar-refractivity contribution in [1.82, 2.24) is 9.80 Å². The summed E-state index contributed by atoms with van der Waals surface area (Å²) in [7, 11) is 7.09. The minimum absolute atomic E-state index is 0.0484. The normalized spacial score (nSPS) is 21.4. The molecule has 0 aromatic heterocycles. The predicted molar refractivity (Wildman–Crippen MR) is 88.1 cm³/mol. The number of rotatable bonds is 5. The van der Waals surface area contributed by atoms with Crippen LogP contribution in [0.25, 0.3) is 0 Å². The highest BCUT2D eigenvalue weighted by atomic mass is 16.5. The SMILES string of the molecule is COc1ccc(C(=O)N2CCC(CO)C(N(C)C)C2)c(OC)c1. The summed E-state index contributed by atoms with van der Waals surface area (Å²) in [6.07, 6.45) is 0.795. The van der Waals surface area contributed by atoms with E-state index in [2.05, 4.69) is 4.90 Å². The number of carbonyl (C=O) groups excluding carboxylic acids is 1. The zero-order valence-corrected chi connectivity index (χ0v) is 14.3. The van der Waals surface area contributed by atoms with Crippen molar-refractivity contribution < 1.29 is 19.4 Å². The Labute approximate surface area is 137 Å². The number of hydrogen-bond donors (Lipinski definition) is 1. The van der Waals surface area contributed by atoms with Gasteiger partial charge in [-0.2, -0.15) is 0 Å². The van der Waals surface area contributed by atoms with E-state index in [9.17, 15) is 9.90 Å². The Kier molecular flexibility index (Phi) is 5.85. The van der Waals surface area contributed by atoms with Crippen LogP contribution in [-0.4, -0.2) is 74.9 Å². The number of aliphatic hydroxyl groups is 1. The van der Waals surface area contributed by atoms with Crippen LogP contribution in [0.4, 0.5) is 0 Å². The maximum Gasteiger partial charge on any atom is 0.257 e. The van der Waals surface area contributed by atoms with Crippen LogP contribution in [0, 0.1) is 5.92 Å². The molecule has 23 heavy (non-hydrogen) atoms. The van der Waals surface area contributed by atoms with Crippen LogP contribution in [0.1, 0.15) is 16.8 Å². The van der Waals surface area contributed by atoms with E-state index in [0.29, 0.717) is 30.2 Å². The Morgan fingerprint density at radius 2 is 2.09 bits per heavy atom. The largest absolute Gasteiger partial charge is 0.497 e. The summed E-state index contributed by atoms with van der Waals surface area (Å²) >= 11 is 0. The van der Waals surface area contributed by atoms with E-state index >= 15 is 0 Å². The fourth-order valence-electron chi connectivity index (χ4n) is 3.11. The summed E-state index contributed by atoms with van der Waals surface area (Å²) in [4.78, 5) is 16.8. The number of benzene rings is 1. The van der Waals surface area contributed by atoms with Gasteiger partial charge in [0.05, 0.1) is 19.8 Å². The molecule has 0 saturated carbocycles. The van der Waals surface area contributed by atoms with Gasteiger partial charge in [-0.05, 0) is 32.6 Å². The van der Waals surface area contributed by atoms with Gasteiger partial charge in [0, 0.05) is 37.7 Å². The van der Waals surface area contributed by atoms with E-state index in [1.807, 2.05) is 19.0 Å². The Balaban J connectivity index is 2.20. The molecule has 0 aliphatic carbocycles. The first-order valence-corrected chi connectivity index (χ1v) is 7.80. The number of ether oxygens (including phenoxy) is 2. The number of amides is 1. The second kappa shape index (κ2) is 7.66. The van der Waals surface area contributed by atoms with Gasteiger partial charge in [-0.15, -0.1) is 0 Å². The maximum absolute atomic E-state index is 12.9. The monoisotopic (exact) mass is 322 g/mol. The minimum atomic E-state index is -0.0484. The third-order valence-corrected chi connectivity index (χ3v) is 4.55. The van der Waals surface area contributed by atoms with Crippen LogP contribution in [-0.2, 0) is 0 Å². The third kappa shape index (κ3) is 3.76. The summed E-state index contributed by atoms with van der Waals surface area (Å²) in [5, 5.41) is 9.53. The lowest BCUT2D eigenvalue weighted by molar-refractivity contribution is 0.0377. The van der Waals surface area contributed by atoms with Crippen LogP contribution in [0.3, 0.4) is 0 Å². The average Bonchev–Trinajstić information content (AvgIpc) is 2.59. The topological polar surface area (TPSA) is 62.2 Å². The summed E-state index contributed by atoms with van der Waals surface area (Å²) in [5.74, 6) is 1.32. The molecule has 2 unspecified atom stereocenters. The molecule has 1 aromatic carbocycles. The van der Waals surface area contributed by atoms with Crippen LogP contribution in [0.2, 0.25) is 0 Å². The fraction of sp³-hybridized carbons (Fsp3) is 0.588. The Bertz CT molecular complexity index is 547. The lowest BCUT2D eigenvalue weighted by Crippen LogP contribution is -2.53. The first-order chi connectivity index (χ1) is 11.0. The predicted octanol–water partition coefficient (Wildman–Crippen LogP) is 1.09. The second-order valence-electron chi connectivity index (χ2n) is 6.08. The number of aliphatic hydroxyl groups excluding tert-OH is 1. The van der Waals surface area contributed by atoms with Crippen molar-refractivity contribution in [2.24, 2.45) is 5.92 Å². The molecule has 1 heterocycles. The van der Waals surface area contributed by atoms with E-state index in [0.717, 1.165) is 6.42 Å². The van der Waals surface area contributed by atoms with Gasteiger partial charge in [-0.1, -0.05) is 0 Å². The molecule has 1 aliphatic heterocycles. The molecule has 6 nitrogen and oxygen atoms in total. The van der Waals surface area contributed by atoms with E-state index in [-0.39, 0.29) is 24.5 Å². The molecule has 0 spiro atoms. The number of carbonyl (C=O) groups is 1. The van der Waals surface area contributed by atoms with Crippen molar-refractivity contribution in [3.63, 3.8) is 0 Å². The molecule has 1 fully saturated rings. The smallest absolute Gasteiger partial charge is 0.257 e. The zero-order chi connectivity index (χ0) is 17.0. The average molecular weight is 322 g/mol. The Morgan fingerprint density at radius 1 is 1.35 bits per heavy atom. The summed E-state index contributed by atoms with van der Waals surface area (Å²) in [6, 6.07) is 5.38. The lowest BCUT2D eigenvalue weighted by atomic mass is 9.91. The molecule has 1 saturated heterocycles. The van der Waals surface area contributed by atoms with Crippen LogP contribution >= 0.6 is 0 Å². The fourth-order valence-corrected chi connectivity index (χ4v) is 3.11. The number of likely N-dealkylation sites (N-methyl/N-ethyl adjacent to an activating group) is 1. The summed E-state index contributed by atoms with van der Waals surface area (Å²) < 4.78 is 10.5. The van der Waals surface area contributed by atoms with Gasteiger partial charge in [-0.3, -0.25) is 4.79 Å². The molecule has 128 valence electrons. The summed E-state index contributed by atoms with van der Waals surface area (Å²) in [5.41, 5.74) is 0.535. The minimum Gasteiger partial charge on any atom is -0.497 e. The molecule has 1 aromatic rings. The van der Waals surface area contributed by atoms with E-state index < -0.39 is 0 Å². The van der Waals surface area contributed by atoms with Crippen molar-refractivity contribution >= 4 is 5.91 Å². The Hall–Kier alpha value is -1.79. The van der Waals surface area contributed by atoms with E-state index in [1.165, 1.54) is 0 Å². The van der Waals surface area contributed by atoms with Crippen molar-refractivity contribution in [2.75, 3.05) is 48.0 Å². The third-order valence-electron chi connectivity index (χ3n) is 4.55. The molecule has 1 aliphatic rings. The number of piperidine rings is 1. The first kappa shape index (κ1) is 17.6. The van der Waals surface area contributed by atoms with Gasteiger partial charge in [0.15, 0.2) is 0 Å². The first-order valence-electron chi connectivity index (χ1n) is 7.80.